The molecule has 15 heteroatoms. The predicted molar refractivity (Wildman–Crippen MR) is 140 cm³/mol. The number of hydrogen-bond acceptors (Lipinski definition) is 4. The fourth-order valence-corrected chi connectivity index (χ4v) is 5.05. The van der Waals surface area contributed by atoms with Crippen LogP contribution in [-0.2, 0) is 32.3 Å². The van der Waals surface area contributed by atoms with Gasteiger partial charge in [0.1, 0.15) is 0 Å². The standard InChI is InChI=1S/C26H25F8IN2O4/c1-4-18-12-21(19-11-15(26(33,34)35)6-7-20(19)37(18)23(39)41-5-2)36(22(38)40-3)13-14-8-16(24(27,28)29)10-17(9-14)25(30,31)32/h6-11,18,21H,4-5,12-13H2,1-3H3/t18-,21+/m1/s1. The molecule has 2 aromatic rings. The number of amides is 2. The van der Waals surface area contributed by atoms with Crippen LogP contribution in [0.2, 0.25) is 0 Å². The highest BCUT2D eigenvalue weighted by Crippen LogP contribution is 2.46. The number of methoxy groups -OCH3 is 1. The van der Waals surface area contributed by atoms with Crippen LogP contribution in [0.15, 0.2) is 36.4 Å². The molecule has 6 nitrogen and oxygen atoms in total. The highest BCUT2D eigenvalue weighted by Gasteiger charge is 2.43. The van der Waals surface area contributed by atoms with Crippen LogP contribution in [0.1, 0.15) is 60.5 Å². The summed E-state index contributed by atoms with van der Waals surface area (Å²) in [7, 11) is 0.962. The van der Waals surface area contributed by atoms with Crippen molar-refractivity contribution in [1.82, 2.24) is 4.90 Å². The summed E-state index contributed by atoms with van der Waals surface area (Å²) in [6, 6.07) is 2.45. The molecule has 0 aliphatic carbocycles. The molecule has 0 bridgehead atoms. The molecule has 1 aliphatic rings. The van der Waals surface area contributed by atoms with Crippen LogP contribution in [-0.4, -0.2) is 36.8 Å². The molecule has 41 heavy (non-hydrogen) atoms. The van der Waals surface area contributed by atoms with Gasteiger partial charge in [0.2, 0.25) is 0 Å². The Morgan fingerprint density at radius 2 is 1.54 bits per heavy atom. The largest absolute Gasteiger partial charge is 0.453 e. The third-order valence-corrected chi connectivity index (χ3v) is 7.18. The minimum atomic E-state index is -5.13. The SMILES string of the molecule is CCOC(=O)N1c2ccc(C(F)(F)I)cc2[C@@H](N(Cc2cc(C(F)(F)F)cc(C(F)(F)F)c2)C(=O)OC)C[C@H]1CC. The third-order valence-electron chi connectivity index (χ3n) is 6.56. The molecule has 1 heterocycles. The summed E-state index contributed by atoms with van der Waals surface area (Å²) in [5.41, 5.74) is -4.06. The minimum absolute atomic E-state index is 0.000194. The lowest BCUT2D eigenvalue weighted by atomic mass is 9.87. The number of benzene rings is 2. The first-order valence-corrected chi connectivity index (χ1v) is 13.3. The number of nitrogens with zero attached hydrogens (tertiary/aromatic N) is 2. The van der Waals surface area contributed by atoms with Gasteiger partial charge in [0.25, 0.3) is 0 Å². The van der Waals surface area contributed by atoms with E-state index in [9.17, 15) is 44.7 Å². The van der Waals surface area contributed by atoms with Crippen LogP contribution in [0.4, 0.5) is 50.4 Å². The summed E-state index contributed by atoms with van der Waals surface area (Å²) >= 11 is 0.890. The van der Waals surface area contributed by atoms with Crippen molar-refractivity contribution in [2.75, 3.05) is 18.6 Å². The van der Waals surface area contributed by atoms with E-state index in [1.165, 1.54) is 11.0 Å². The van der Waals surface area contributed by atoms with Gasteiger partial charge in [-0.25, -0.2) is 9.59 Å². The molecule has 2 aromatic carbocycles. The molecular formula is C26H25F8IN2O4. The van der Waals surface area contributed by atoms with Crippen molar-refractivity contribution in [3.8, 4) is 0 Å². The molecule has 0 radical (unpaired) electrons. The Bertz CT molecular complexity index is 1250. The first kappa shape index (κ1) is 32.7. The topological polar surface area (TPSA) is 59.1 Å². The maximum Gasteiger partial charge on any atom is 0.416 e. The van der Waals surface area contributed by atoms with Crippen LogP contribution < -0.4 is 4.90 Å². The zero-order valence-electron chi connectivity index (χ0n) is 21.9. The van der Waals surface area contributed by atoms with Crippen molar-refractivity contribution in [1.29, 1.82) is 0 Å². The van der Waals surface area contributed by atoms with Gasteiger partial charge in [-0.3, -0.25) is 9.80 Å². The number of carbonyl (C=O) groups is 2. The van der Waals surface area contributed by atoms with Gasteiger partial charge in [-0.15, -0.1) is 0 Å². The molecule has 2 amide bonds. The zero-order valence-corrected chi connectivity index (χ0v) is 24.0. The molecule has 0 saturated heterocycles. The number of anilines is 1. The van der Waals surface area contributed by atoms with E-state index in [0.717, 1.165) is 46.7 Å². The third kappa shape index (κ3) is 7.33. The van der Waals surface area contributed by atoms with Crippen molar-refractivity contribution >= 4 is 40.5 Å². The van der Waals surface area contributed by atoms with Crippen molar-refractivity contribution < 1.29 is 54.2 Å². The Morgan fingerprint density at radius 3 is 2.00 bits per heavy atom. The number of alkyl halides is 9. The number of carbonyl (C=O) groups excluding carboxylic acids is 2. The highest BCUT2D eigenvalue weighted by atomic mass is 127. The van der Waals surface area contributed by atoms with Crippen molar-refractivity contribution in [3.05, 3.63) is 64.2 Å². The van der Waals surface area contributed by atoms with E-state index < -0.39 is 69.4 Å². The van der Waals surface area contributed by atoms with Crippen molar-refractivity contribution in [2.24, 2.45) is 0 Å². The highest BCUT2D eigenvalue weighted by molar-refractivity contribution is 14.1. The Morgan fingerprint density at radius 1 is 0.951 bits per heavy atom. The first-order valence-electron chi connectivity index (χ1n) is 12.2. The number of fused-ring (bicyclic) bond motifs is 1. The maximum atomic E-state index is 14.3. The number of rotatable bonds is 6. The average Bonchev–Trinajstić information content (AvgIpc) is 2.88. The summed E-state index contributed by atoms with van der Waals surface area (Å²) in [4.78, 5) is 28.0. The van der Waals surface area contributed by atoms with Crippen molar-refractivity contribution in [2.45, 2.75) is 61.6 Å². The van der Waals surface area contributed by atoms with Gasteiger partial charge in [-0.2, -0.15) is 35.1 Å². The summed E-state index contributed by atoms with van der Waals surface area (Å²) in [6.45, 7) is 2.48. The van der Waals surface area contributed by atoms with E-state index in [0.29, 0.717) is 12.1 Å². The van der Waals surface area contributed by atoms with Gasteiger partial charge in [0.05, 0.1) is 36.6 Å². The summed E-state index contributed by atoms with van der Waals surface area (Å²) in [5.74, 6) is 0. The van der Waals surface area contributed by atoms with Crippen LogP contribution in [0.5, 0.6) is 0 Å². The fourth-order valence-electron chi connectivity index (χ4n) is 4.72. The molecular weight excluding hydrogens is 683 g/mol. The summed E-state index contributed by atoms with van der Waals surface area (Å²) < 4.78 is 116. The molecule has 0 unspecified atom stereocenters. The monoisotopic (exact) mass is 708 g/mol. The first-order chi connectivity index (χ1) is 18.9. The molecule has 0 fully saturated rings. The number of ether oxygens (including phenoxy) is 2. The lowest BCUT2D eigenvalue weighted by Crippen LogP contribution is -2.48. The Balaban J connectivity index is 2.23. The van der Waals surface area contributed by atoms with Gasteiger partial charge in [-0.1, -0.05) is 13.0 Å². The van der Waals surface area contributed by atoms with Gasteiger partial charge in [-0.05, 0) is 61.2 Å². The normalized spacial score (nSPS) is 17.6. The summed E-state index contributed by atoms with van der Waals surface area (Å²) in [5, 5.41) is 0. The lowest BCUT2D eigenvalue weighted by molar-refractivity contribution is -0.143. The quantitative estimate of drug-likeness (QED) is 0.171. The van der Waals surface area contributed by atoms with Crippen molar-refractivity contribution in [3.63, 3.8) is 0 Å². The number of hydrogen-bond donors (Lipinski definition) is 0. The van der Waals surface area contributed by atoms with Gasteiger partial charge in [0.15, 0.2) is 0 Å². The van der Waals surface area contributed by atoms with E-state index >= 15 is 0 Å². The second-order valence-electron chi connectivity index (χ2n) is 9.17. The Hall–Kier alpha value is -2.85. The van der Waals surface area contributed by atoms with Gasteiger partial charge < -0.3 is 9.47 Å². The molecule has 226 valence electrons. The van der Waals surface area contributed by atoms with Crippen LogP contribution in [0.25, 0.3) is 0 Å². The molecule has 3 rings (SSSR count). The second-order valence-corrected chi connectivity index (χ2v) is 10.5. The van der Waals surface area contributed by atoms with E-state index in [-0.39, 0.29) is 36.8 Å². The predicted octanol–water partition coefficient (Wildman–Crippen LogP) is 8.66. The molecule has 1 aliphatic heterocycles. The van der Waals surface area contributed by atoms with Gasteiger partial charge >= 0.3 is 28.5 Å². The second kappa shape index (κ2) is 12.2. The Labute approximate surface area is 243 Å². The average molecular weight is 708 g/mol. The minimum Gasteiger partial charge on any atom is -0.453 e. The molecule has 0 aromatic heterocycles. The molecule has 2 atom stereocenters. The zero-order chi connectivity index (χ0) is 30.9. The molecule has 0 spiro atoms. The van der Waals surface area contributed by atoms with Crippen LogP contribution in [0, 0.1) is 0 Å². The summed E-state index contributed by atoms with van der Waals surface area (Å²) in [6.07, 6.45) is -12.0. The Kier molecular flexibility index (Phi) is 9.70. The lowest BCUT2D eigenvalue weighted by Gasteiger charge is -2.43. The van der Waals surface area contributed by atoms with E-state index in [1.54, 1.807) is 13.8 Å². The smallest absolute Gasteiger partial charge is 0.416 e. The van der Waals surface area contributed by atoms with E-state index in [2.05, 4.69) is 0 Å². The molecule has 0 N–H and O–H groups in total. The molecule has 0 saturated carbocycles. The van der Waals surface area contributed by atoms with E-state index in [4.69, 9.17) is 9.47 Å². The van der Waals surface area contributed by atoms with Gasteiger partial charge in [0, 0.05) is 40.7 Å². The number of halogens is 9. The fraction of sp³-hybridized carbons (Fsp3) is 0.462. The van der Waals surface area contributed by atoms with Crippen LogP contribution in [0.3, 0.4) is 0 Å². The van der Waals surface area contributed by atoms with E-state index in [1.807, 2.05) is 0 Å². The maximum absolute atomic E-state index is 14.3. The van der Waals surface area contributed by atoms with Crippen LogP contribution >= 0.6 is 22.6 Å².